The molecule has 8 aliphatic rings. The molecule has 200 valence electrons. The van der Waals surface area contributed by atoms with Crippen LogP contribution in [0.15, 0.2) is 6.20 Å². The summed E-state index contributed by atoms with van der Waals surface area (Å²) in [5.74, 6) is 3.35. The fraction of sp³-hybridized carbons (Fsp3) is 0.857. The smallest absolute Gasteiger partial charge is 0.256 e. The molecule has 1 heterocycles. The number of hydrogen-bond acceptors (Lipinski definition) is 5. The second-order valence-corrected chi connectivity index (χ2v) is 14.8. The van der Waals surface area contributed by atoms with E-state index in [1.54, 1.807) is 10.9 Å². The van der Waals surface area contributed by atoms with Crippen LogP contribution in [0.4, 0.5) is 0 Å². The molecule has 0 radical (unpaired) electrons. The SMILES string of the molecule is CC(C)(C)n1ncc(C(=O)NC2C3CC4CC2CC(O)(C4)C3)c1Cl.NC1C2CC3CC1CC(O)(C3)C2. The molecule has 0 spiro atoms. The first-order valence-electron chi connectivity index (χ1n) is 14.1. The topological polar surface area (TPSA) is 113 Å². The van der Waals surface area contributed by atoms with Gasteiger partial charge in [0.05, 0.1) is 28.5 Å². The summed E-state index contributed by atoms with van der Waals surface area (Å²) < 4.78 is 1.68. The third-order valence-electron chi connectivity index (χ3n) is 10.4. The van der Waals surface area contributed by atoms with Crippen molar-refractivity contribution in [1.82, 2.24) is 15.1 Å². The second kappa shape index (κ2) is 8.42. The first-order chi connectivity index (χ1) is 16.8. The van der Waals surface area contributed by atoms with Crippen LogP contribution < -0.4 is 11.1 Å². The maximum Gasteiger partial charge on any atom is 0.256 e. The normalized spacial score (nSPS) is 46.0. The highest BCUT2D eigenvalue weighted by molar-refractivity contribution is 6.32. The molecule has 8 fully saturated rings. The van der Waals surface area contributed by atoms with E-state index >= 15 is 0 Å². The minimum atomic E-state index is -0.480. The Morgan fingerprint density at radius 3 is 1.89 bits per heavy atom. The quantitative estimate of drug-likeness (QED) is 0.475. The number of rotatable bonds is 2. The van der Waals surface area contributed by atoms with Crippen molar-refractivity contribution in [3.8, 4) is 0 Å². The zero-order chi connectivity index (χ0) is 25.6. The minimum absolute atomic E-state index is 0.139. The molecule has 36 heavy (non-hydrogen) atoms. The van der Waals surface area contributed by atoms with Gasteiger partial charge in [-0.2, -0.15) is 5.10 Å². The maximum absolute atomic E-state index is 12.8. The van der Waals surface area contributed by atoms with Crippen molar-refractivity contribution >= 4 is 17.5 Å². The number of hydrogen-bond donors (Lipinski definition) is 4. The van der Waals surface area contributed by atoms with E-state index < -0.39 is 5.60 Å². The number of halogens is 1. The lowest BCUT2D eigenvalue weighted by molar-refractivity contribution is -0.137. The van der Waals surface area contributed by atoms with Crippen LogP contribution in [0.25, 0.3) is 0 Å². The molecule has 4 atom stereocenters. The number of nitrogens with two attached hydrogens (primary N) is 1. The van der Waals surface area contributed by atoms with E-state index in [1.807, 2.05) is 20.8 Å². The van der Waals surface area contributed by atoms with Gasteiger partial charge in [-0.25, -0.2) is 4.68 Å². The molecule has 1 aromatic heterocycles. The molecule has 7 nitrogen and oxygen atoms in total. The summed E-state index contributed by atoms with van der Waals surface area (Å²) in [5.41, 5.74) is 5.52. The van der Waals surface area contributed by atoms with Gasteiger partial charge in [-0.15, -0.1) is 0 Å². The fourth-order valence-electron chi connectivity index (χ4n) is 9.42. The van der Waals surface area contributed by atoms with E-state index in [1.165, 1.54) is 12.8 Å². The van der Waals surface area contributed by atoms with Crippen molar-refractivity contribution in [3.63, 3.8) is 0 Å². The second-order valence-electron chi connectivity index (χ2n) is 14.4. The van der Waals surface area contributed by atoms with Crippen molar-refractivity contribution in [2.45, 2.75) is 114 Å². The zero-order valence-electron chi connectivity index (χ0n) is 21.9. The molecule has 8 heteroatoms. The molecule has 0 aliphatic heterocycles. The monoisotopic (exact) mass is 518 g/mol. The predicted molar refractivity (Wildman–Crippen MR) is 138 cm³/mol. The van der Waals surface area contributed by atoms with Crippen molar-refractivity contribution in [3.05, 3.63) is 16.9 Å². The molecule has 1 amide bonds. The van der Waals surface area contributed by atoms with Crippen LogP contribution in [-0.2, 0) is 5.54 Å². The molecule has 8 aliphatic carbocycles. The summed E-state index contributed by atoms with van der Waals surface area (Å²) in [6.45, 7) is 6.02. The molecule has 8 saturated carbocycles. The Morgan fingerprint density at radius 1 is 0.972 bits per heavy atom. The predicted octanol–water partition coefficient (Wildman–Crippen LogP) is 3.85. The lowest BCUT2D eigenvalue weighted by Gasteiger charge is -2.58. The first kappa shape index (κ1) is 25.1. The van der Waals surface area contributed by atoms with Gasteiger partial charge < -0.3 is 21.3 Å². The average molecular weight is 519 g/mol. The van der Waals surface area contributed by atoms with Gasteiger partial charge in [0.25, 0.3) is 5.91 Å². The fourth-order valence-corrected chi connectivity index (χ4v) is 9.85. The minimum Gasteiger partial charge on any atom is -0.390 e. The van der Waals surface area contributed by atoms with Crippen molar-refractivity contribution < 1.29 is 15.0 Å². The van der Waals surface area contributed by atoms with E-state index in [4.69, 9.17) is 17.3 Å². The Morgan fingerprint density at radius 2 is 1.44 bits per heavy atom. The van der Waals surface area contributed by atoms with Crippen LogP contribution in [0.1, 0.15) is 95.3 Å². The molecule has 4 unspecified atom stereocenters. The van der Waals surface area contributed by atoms with Crippen LogP contribution in [0.5, 0.6) is 0 Å². The molecule has 0 aromatic carbocycles. The zero-order valence-corrected chi connectivity index (χ0v) is 22.7. The molecule has 5 N–H and O–H groups in total. The molecular weight excluding hydrogens is 476 g/mol. The molecule has 0 saturated heterocycles. The number of carbonyl (C=O) groups excluding carboxylic acids is 1. The first-order valence-corrected chi connectivity index (χ1v) is 14.5. The summed E-state index contributed by atoms with van der Waals surface area (Å²) in [4.78, 5) is 12.8. The number of carbonyl (C=O) groups is 1. The van der Waals surface area contributed by atoms with Crippen LogP contribution in [-0.4, -0.2) is 49.2 Å². The van der Waals surface area contributed by atoms with Crippen LogP contribution in [0.2, 0.25) is 5.15 Å². The lowest BCUT2D eigenvalue weighted by atomic mass is 9.52. The third kappa shape index (κ3) is 4.32. The number of amides is 1. The van der Waals surface area contributed by atoms with Crippen LogP contribution >= 0.6 is 11.6 Å². The highest BCUT2D eigenvalue weighted by Gasteiger charge is 2.55. The largest absolute Gasteiger partial charge is 0.390 e. The summed E-state index contributed by atoms with van der Waals surface area (Å²) >= 11 is 6.39. The van der Waals surface area contributed by atoms with Gasteiger partial charge in [-0.1, -0.05) is 11.6 Å². The standard InChI is InChI=1S/C18H26ClN3O2.C10H17NO/c1-17(2,3)22-15(19)13(9-20-22)16(23)21-14-11-4-10-5-12(14)8-18(24,6-10)7-11;11-9-7-1-6-2-8(9)5-10(12,3-6)4-7/h9-12,14,24H,4-8H2,1-3H3,(H,21,23);6-9,12H,1-5,11H2. The average Bonchev–Trinajstić information content (AvgIpc) is 3.14. The summed E-state index contributed by atoms with van der Waals surface area (Å²) in [6.07, 6.45) is 12.0. The molecule has 1 aromatic rings. The van der Waals surface area contributed by atoms with Gasteiger partial charge in [0, 0.05) is 12.1 Å². The van der Waals surface area contributed by atoms with E-state index in [0.29, 0.717) is 46.3 Å². The van der Waals surface area contributed by atoms with E-state index in [9.17, 15) is 15.0 Å². The van der Waals surface area contributed by atoms with Crippen molar-refractivity contribution in [2.75, 3.05) is 0 Å². The Bertz CT molecular complexity index is 1000. The molecular formula is C28H43ClN4O3. The summed E-state index contributed by atoms with van der Waals surface area (Å²) in [7, 11) is 0. The highest BCUT2D eigenvalue weighted by atomic mass is 35.5. The Kier molecular flexibility index (Phi) is 5.88. The lowest BCUT2D eigenvalue weighted by Crippen LogP contribution is -2.61. The molecule has 8 bridgehead atoms. The van der Waals surface area contributed by atoms with E-state index in [-0.39, 0.29) is 23.1 Å². The van der Waals surface area contributed by atoms with Crippen molar-refractivity contribution in [1.29, 1.82) is 0 Å². The highest BCUT2D eigenvalue weighted by Crippen LogP contribution is 2.56. The van der Waals surface area contributed by atoms with Gasteiger partial charge in [0.1, 0.15) is 5.15 Å². The van der Waals surface area contributed by atoms with Crippen LogP contribution in [0.3, 0.4) is 0 Å². The Labute approximate surface area is 219 Å². The summed E-state index contributed by atoms with van der Waals surface area (Å²) in [5, 5.41) is 28.7. The molecule has 9 rings (SSSR count). The van der Waals surface area contributed by atoms with Crippen molar-refractivity contribution in [2.24, 2.45) is 41.2 Å². The summed E-state index contributed by atoms with van der Waals surface area (Å²) in [6, 6.07) is 0.560. The number of aromatic nitrogens is 2. The number of aliphatic hydroxyl groups is 2. The van der Waals surface area contributed by atoms with Gasteiger partial charge in [0.2, 0.25) is 0 Å². The van der Waals surface area contributed by atoms with Gasteiger partial charge in [-0.3, -0.25) is 4.79 Å². The van der Waals surface area contributed by atoms with E-state index in [2.05, 4.69) is 10.4 Å². The van der Waals surface area contributed by atoms with Gasteiger partial charge in [0.15, 0.2) is 0 Å². The van der Waals surface area contributed by atoms with E-state index in [0.717, 1.165) is 57.3 Å². The Balaban J connectivity index is 0.000000166. The maximum atomic E-state index is 12.8. The van der Waals surface area contributed by atoms with Crippen LogP contribution in [0, 0.1) is 35.5 Å². The van der Waals surface area contributed by atoms with Gasteiger partial charge >= 0.3 is 0 Å². The van der Waals surface area contributed by atoms with Gasteiger partial charge in [-0.05, 0) is 120 Å². The number of nitrogens with zero attached hydrogens (tertiary/aromatic N) is 2. The third-order valence-corrected chi connectivity index (χ3v) is 10.8. The Hall–Kier alpha value is -1.15. The number of nitrogens with one attached hydrogen (secondary N) is 1.